The van der Waals surface area contributed by atoms with Crippen molar-refractivity contribution in [2.45, 2.75) is 158 Å². The zero-order chi connectivity index (χ0) is 74.6. The first-order valence-corrected chi connectivity index (χ1v) is 40.7. The maximum atomic E-state index is 13.4. The highest BCUT2D eigenvalue weighted by atomic mass is 35.5. The number of nitrogens with one attached hydrogen (secondary N) is 5. The third kappa shape index (κ3) is 28.7. The number of hydrogen-bond acceptors (Lipinski definition) is 14. The lowest BCUT2D eigenvalue weighted by Crippen LogP contribution is -2.44. The lowest BCUT2D eigenvalue weighted by Gasteiger charge is -2.27. The zero-order valence-electron chi connectivity index (χ0n) is 59.5. The first-order valence-electron chi connectivity index (χ1n) is 35.1. The fraction of sp³-hybridized carbons (Fsp3) is 0.436. The maximum absolute atomic E-state index is 13.4. The van der Waals surface area contributed by atoms with Crippen LogP contribution in [0, 0.1) is 37.0 Å². The van der Waals surface area contributed by atoms with Crippen molar-refractivity contribution in [3.05, 3.63) is 176 Å². The van der Waals surface area contributed by atoms with Crippen LogP contribution in [0.5, 0.6) is 17.2 Å². The SMILES string of the molecule is C#CCNS(=O)(=O)c1ccc(CCN(CCCCC)Cc2cc(Cl)ccc2OCCC)cc1.C#CCNS(=O)(=O)c1ccc(CCN(Cc2cc(Cl)ccc2OCCC)C(=O)[C@@H]2CCCN2)cc1.C#CCNS(=O)(=O)c1ccc(CCN(Cc2cc(Cl)ccc2OCCC)C(=O)[C@H]2CCCN2)cc1. The average molecular weight is 1530 g/mol. The van der Waals surface area contributed by atoms with Crippen molar-refractivity contribution in [1.29, 1.82) is 0 Å². The molecular weight excluding hydrogens is 1430 g/mol. The molecule has 2 aliphatic heterocycles. The topological polar surface area (TPSA) is 234 Å². The smallest absolute Gasteiger partial charge is 0.241 e. The number of benzene rings is 6. The third-order valence-corrected chi connectivity index (χ3v) is 21.8. The van der Waals surface area contributed by atoms with Crippen LogP contribution in [0.15, 0.2) is 142 Å². The van der Waals surface area contributed by atoms with Gasteiger partial charge in [-0.05, 0) is 198 Å². The number of halogens is 3. The molecule has 25 heteroatoms. The van der Waals surface area contributed by atoms with Crippen LogP contribution in [0.1, 0.15) is 125 Å². The molecule has 2 aliphatic rings. The van der Waals surface area contributed by atoms with E-state index in [0.29, 0.717) is 73.9 Å². The molecular formula is C78H99Cl3N8O11S3. The summed E-state index contributed by atoms with van der Waals surface area (Å²) in [4.78, 5) is 33.3. The van der Waals surface area contributed by atoms with E-state index in [1.807, 2.05) is 78.2 Å². The quantitative estimate of drug-likeness (QED) is 0.0178. The molecule has 0 spiro atoms. The van der Waals surface area contributed by atoms with Gasteiger partial charge in [0, 0.05) is 71.0 Å². The molecule has 2 amide bonds. The maximum Gasteiger partial charge on any atom is 0.241 e. The van der Waals surface area contributed by atoms with E-state index in [4.69, 9.17) is 68.3 Å². The summed E-state index contributed by atoms with van der Waals surface area (Å²) >= 11 is 18.8. The lowest BCUT2D eigenvalue weighted by molar-refractivity contribution is -0.134. The Morgan fingerprint density at radius 1 is 0.456 bits per heavy atom. The molecule has 8 rings (SSSR count). The Bertz CT molecular complexity index is 3940. The predicted octanol–water partition coefficient (Wildman–Crippen LogP) is 12.0. The molecule has 6 aromatic rings. The number of ether oxygens (including phenoxy) is 3. The van der Waals surface area contributed by atoms with E-state index < -0.39 is 30.1 Å². The molecule has 556 valence electrons. The largest absolute Gasteiger partial charge is 0.493 e. The van der Waals surface area contributed by atoms with Gasteiger partial charge in [0.1, 0.15) is 17.2 Å². The minimum Gasteiger partial charge on any atom is -0.493 e. The summed E-state index contributed by atoms with van der Waals surface area (Å²) < 4.78 is 98.3. The van der Waals surface area contributed by atoms with Crippen LogP contribution in [0.2, 0.25) is 15.1 Å². The molecule has 0 aromatic heterocycles. The molecule has 0 saturated carbocycles. The standard InChI is InChI=1S/2C26H32ClN3O4S.C26H35ClN2O3S/c2*1-3-14-29-35(32,33)23-10-7-20(8-11-23)13-16-30(26(31)24-6-5-15-28-24)19-21-18-22(27)9-12-25(21)34-17-4-2;1-4-7-8-17-29(21-23-20-24(27)11-14-26(23)32-19-6-3)18-15-22-9-12-25(13-10-22)33(30,31)28-16-5-2/h2*1,7-12,18,24,28-29H,4-6,13-17,19H2,2H3;2,9-14,20,28H,4,6-8,15-19,21H2,1,3H3/t2*24-;/m10./s1. The Morgan fingerprint density at radius 2 is 0.786 bits per heavy atom. The van der Waals surface area contributed by atoms with E-state index in [1.165, 1.54) is 12.8 Å². The van der Waals surface area contributed by atoms with Gasteiger partial charge in [0.05, 0.1) is 66.2 Å². The Labute approximate surface area is 627 Å². The van der Waals surface area contributed by atoms with Gasteiger partial charge >= 0.3 is 0 Å². The summed E-state index contributed by atoms with van der Waals surface area (Å²) in [6, 6.07) is 36.6. The number of carbonyl (C=O) groups is 2. The highest BCUT2D eigenvalue weighted by molar-refractivity contribution is 7.90. The first-order chi connectivity index (χ1) is 49.6. The minimum absolute atomic E-state index is 0.0235. The highest BCUT2D eigenvalue weighted by Gasteiger charge is 2.30. The number of carbonyl (C=O) groups excluding carboxylic acids is 2. The lowest BCUT2D eigenvalue weighted by atomic mass is 10.1. The van der Waals surface area contributed by atoms with Crippen molar-refractivity contribution < 1.29 is 49.1 Å². The van der Waals surface area contributed by atoms with Gasteiger partial charge in [-0.15, -0.1) is 19.3 Å². The van der Waals surface area contributed by atoms with Crippen LogP contribution in [0.25, 0.3) is 0 Å². The fourth-order valence-corrected chi connectivity index (χ4v) is 14.7. The molecule has 2 fully saturated rings. The van der Waals surface area contributed by atoms with Crippen molar-refractivity contribution in [3.63, 3.8) is 0 Å². The Kier molecular flexibility index (Phi) is 36.7. The molecule has 6 aromatic carbocycles. The van der Waals surface area contributed by atoms with E-state index in [1.54, 1.807) is 72.8 Å². The number of nitrogens with zero attached hydrogens (tertiary/aromatic N) is 3. The van der Waals surface area contributed by atoms with Crippen LogP contribution < -0.4 is 39.0 Å². The van der Waals surface area contributed by atoms with Crippen LogP contribution in [-0.4, -0.2) is 143 Å². The molecule has 2 saturated heterocycles. The Morgan fingerprint density at radius 3 is 1.09 bits per heavy atom. The van der Waals surface area contributed by atoms with Crippen LogP contribution in [0.4, 0.5) is 0 Å². The average Bonchev–Trinajstić information content (AvgIpc) is 1.60. The molecule has 5 N–H and O–H groups in total. The summed E-state index contributed by atoms with van der Waals surface area (Å²) in [5.74, 6) is 9.22. The van der Waals surface area contributed by atoms with Crippen molar-refractivity contribution in [2.75, 3.05) is 78.7 Å². The van der Waals surface area contributed by atoms with E-state index in [2.05, 4.69) is 61.3 Å². The summed E-state index contributed by atoms with van der Waals surface area (Å²) in [6.07, 6.45) is 27.1. The number of amides is 2. The van der Waals surface area contributed by atoms with E-state index in [-0.39, 0.29) is 58.2 Å². The molecule has 0 unspecified atom stereocenters. The van der Waals surface area contributed by atoms with Gasteiger partial charge in [0.2, 0.25) is 41.9 Å². The Balaban J connectivity index is 0.000000243. The second-order valence-corrected chi connectivity index (χ2v) is 31.5. The molecule has 103 heavy (non-hydrogen) atoms. The molecule has 2 atom stereocenters. The van der Waals surface area contributed by atoms with Crippen molar-refractivity contribution in [2.24, 2.45) is 0 Å². The number of hydrogen-bond donors (Lipinski definition) is 5. The number of sulfonamides is 3. The van der Waals surface area contributed by atoms with Crippen molar-refractivity contribution in [1.82, 2.24) is 39.5 Å². The van der Waals surface area contributed by atoms with Crippen molar-refractivity contribution >= 4 is 76.7 Å². The normalized spacial score (nSPS) is 14.2. The van der Waals surface area contributed by atoms with Gasteiger partial charge in [0.25, 0.3) is 0 Å². The van der Waals surface area contributed by atoms with Gasteiger partial charge in [-0.25, -0.2) is 25.3 Å². The highest BCUT2D eigenvalue weighted by Crippen LogP contribution is 2.30. The Hall–Kier alpha value is -7.18. The van der Waals surface area contributed by atoms with Gasteiger partial charge in [-0.3, -0.25) is 14.5 Å². The first kappa shape index (κ1) is 84.8. The summed E-state index contributed by atoms with van der Waals surface area (Å²) in [5.41, 5.74) is 5.74. The second kappa shape index (κ2) is 44.6. The van der Waals surface area contributed by atoms with Gasteiger partial charge < -0.3 is 34.6 Å². The van der Waals surface area contributed by atoms with E-state index in [0.717, 1.165) is 141 Å². The van der Waals surface area contributed by atoms with E-state index >= 15 is 0 Å². The zero-order valence-corrected chi connectivity index (χ0v) is 64.2. The van der Waals surface area contributed by atoms with Crippen molar-refractivity contribution in [3.8, 4) is 54.3 Å². The molecule has 0 aliphatic carbocycles. The predicted molar refractivity (Wildman–Crippen MR) is 412 cm³/mol. The number of terminal acetylenes is 3. The number of rotatable bonds is 39. The van der Waals surface area contributed by atoms with E-state index in [9.17, 15) is 34.8 Å². The summed E-state index contributed by atoms with van der Waals surface area (Å²) in [7, 11) is -10.9. The van der Waals surface area contributed by atoms with Gasteiger partial charge in [-0.1, -0.05) is 129 Å². The fourth-order valence-electron chi connectivity index (χ4n) is 11.3. The molecule has 2 heterocycles. The number of unbranched alkanes of at least 4 members (excludes halogenated alkanes) is 2. The minimum atomic E-state index is -3.64. The van der Waals surface area contributed by atoms with Crippen LogP contribution >= 0.6 is 34.8 Å². The van der Waals surface area contributed by atoms with Gasteiger partial charge in [0.15, 0.2) is 0 Å². The third-order valence-electron chi connectivity index (χ3n) is 16.8. The van der Waals surface area contributed by atoms with Gasteiger partial charge in [-0.2, -0.15) is 14.2 Å². The van der Waals surface area contributed by atoms with Crippen LogP contribution in [0.3, 0.4) is 0 Å². The summed E-state index contributed by atoms with van der Waals surface area (Å²) in [5, 5.41) is 8.45. The summed E-state index contributed by atoms with van der Waals surface area (Å²) in [6.45, 7) is 16.0. The molecule has 19 nitrogen and oxygen atoms in total. The van der Waals surface area contributed by atoms with Crippen LogP contribution in [-0.2, 0) is 78.6 Å². The molecule has 0 bridgehead atoms. The monoisotopic (exact) mass is 1520 g/mol. The molecule has 0 radical (unpaired) electrons. The second-order valence-electron chi connectivity index (χ2n) is 24.9.